The van der Waals surface area contributed by atoms with E-state index >= 15 is 0 Å². The molecule has 0 radical (unpaired) electrons. The third-order valence-corrected chi connectivity index (χ3v) is 6.72. The SMILES string of the molecule is Cc1cc2nccn2cc1-c1nc(N2CCN(C(C)c3ccccc3)CC2)c(C(N)=O)nc1C. The van der Waals surface area contributed by atoms with E-state index in [-0.39, 0.29) is 5.69 Å². The van der Waals surface area contributed by atoms with Gasteiger partial charge in [0.2, 0.25) is 0 Å². The Labute approximate surface area is 199 Å². The number of pyridine rings is 1. The van der Waals surface area contributed by atoms with Crippen molar-refractivity contribution in [1.29, 1.82) is 0 Å². The average Bonchev–Trinajstić information content (AvgIpc) is 3.31. The molecule has 1 aromatic carbocycles. The number of benzene rings is 1. The molecule has 1 aliphatic rings. The number of primary amides is 1. The van der Waals surface area contributed by atoms with Gasteiger partial charge >= 0.3 is 0 Å². The van der Waals surface area contributed by atoms with Gasteiger partial charge in [-0.2, -0.15) is 0 Å². The summed E-state index contributed by atoms with van der Waals surface area (Å²) in [6.07, 6.45) is 5.70. The van der Waals surface area contributed by atoms with E-state index in [1.54, 1.807) is 6.20 Å². The standard InChI is InChI=1S/C26H29N7O/c1-17-15-22-28-9-10-33(22)16-21(17)23-18(2)29-24(25(27)34)26(30-23)32-13-11-31(12-14-32)19(3)20-7-5-4-6-8-20/h4-10,15-16,19H,11-14H2,1-3H3,(H2,27,34). The lowest BCUT2D eigenvalue weighted by molar-refractivity contribution is 0.0995. The van der Waals surface area contributed by atoms with E-state index in [2.05, 4.69) is 51.0 Å². The van der Waals surface area contributed by atoms with Gasteiger partial charge in [0.1, 0.15) is 5.65 Å². The van der Waals surface area contributed by atoms with Gasteiger partial charge in [0.25, 0.3) is 5.91 Å². The van der Waals surface area contributed by atoms with E-state index < -0.39 is 5.91 Å². The minimum Gasteiger partial charge on any atom is -0.364 e. The first-order chi connectivity index (χ1) is 16.4. The first-order valence-corrected chi connectivity index (χ1v) is 11.6. The second-order valence-corrected chi connectivity index (χ2v) is 8.87. The normalized spacial score (nSPS) is 15.6. The summed E-state index contributed by atoms with van der Waals surface area (Å²) in [7, 11) is 0. The van der Waals surface area contributed by atoms with Gasteiger partial charge in [0, 0.05) is 56.4 Å². The molecule has 3 aromatic heterocycles. The zero-order valence-corrected chi connectivity index (χ0v) is 19.8. The molecule has 34 heavy (non-hydrogen) atoms. The summed E-state index contributed by atoms with van der Waals surface area (Å²) in [5.41, 5.74) is 11.6. The fourth-order valence-electron chi connectivity index (χ4n) is 4.72. The number of imidazole rings is 1. The number of aryl methyl sites for hydroxylation is 2. The molecule has 8 nitrogen and oxygen atoms in total. The van der Waals surface area contributed by atoms with E-state index in [9.17, 15) is 4.79 Å². The van der Waals surface area contributed by atoms with Crippen molar-refractivity contribution in [3.8, 4) is 11.3 Å². The molecule has 8 heteroatoms. The highest BCUT2D eigenvalue weighted by molar-refractivity contribution is 5.96. The number of hydrogen-bond donors (Lipinski definition) is 1. The third-order valence-electron chi connectivity index (χ3n) is 6.72. The fraction of sp³-hybridized carbons (Fsp3) is 0.308. The molecule has 1 fully saturated rings. The molecule has 1 amide bonds. The smallest absolute Gasteiger partial charge is 0.271 e. The second kappa shape index (κ2) is 8.87. The van der Waals surface area contributed by atoms with Crippen LogP contribution in [0.25, 0.3) is 16.9 Å². The molecule has 1 saturated heterocycles. The Morgan fingerprint density at radius 2 is 1.79 bits per heavy atom. The average molecular weight is 456 g/mol. The van der Waals surface area contributed by atoms with Crippen LogP contribution in [0.3, 0.4) is 0 Å². The molecule has 5 rings (SSSR count). The molecule has 0 saturated carbocycles. The van der Waals surface area contributed by atoms with Crippen LogP contribution >= 0.6 is 0 Å². The maximum atomic E-state index is 12.3. The van der Waals surface area contributed by atoms with Gasteiger partial charge in [-0.15, -0.1) is 0 Å². The number of anilines is 1. The number of fused-ring (bicyclic) bond motifs is 1. The predicted octanol–water partition coefficient (Wildman–Crippen LogP) is 3.39. The first-order valence-electron chi connectivity index (χ1n) is 11.6. The molecular formula is C26H29N7O. The largest absolute Gasteiger partial charge is 0.364 e. The topological polar surface area (TPSA) is 92.6 Å². The van der Waals surface area contributed by atoms with Crippen molar-refractivity contribution in [3.05, 3.63) is 77.5 Å². The summed E-state index contributed by atoms with van der Waals surface area (Å²) in [6.45, 7) is 9.35. The van der Waals surface area contributed by atoms with Gasteiger partial charge in [0.05, 0.1) is 11.4 Å². The summed E-state index contributed by atoms with van der Waals surface area (Å²) in [6, 6.07) is 12.9. The number of aromatic nitrogens is 4. The van der Waals surface area contributed by atoms with Crippen LogP contribution in [-0.4, -0.2) is 56.3 Å². The van der Waals surface area contributed by atoms with Crippen molar-refractivity contribution in [2.75, 3.05) is 31.1 Å². The maximum absolute atomic E-state index is 12.3. The molecule has 1 unspecified atom stereocenters. The number of nitrogens with two attached hydrogens (primary N) is 1. The van der Waals surface area contributed by atoms with E-state index in [0.717, 1.165) is 48.6 Å². The zero-order valence-electron chi connectivity index (χ0n) is 19.8. The van der Waals surface area contributed by atoms with E-state index in [1.807, 2.05) is 42.8 Å². The summed E-state index contributed by atoms with van der Waals surface area (Å²) in [5, 5.41) is 0. The highest BCUT2D eigenvalue weighted by Crippen LogP contribution is 2.30. The van der Waals surface area contributed by atoms with E-state index in [4.69, 9.17) is 10.7 Å². The van der Waals surface area contributed by atoms with Gasteiger partial charge in [-0.05, 0) is 38.0 Å². The van der Waals surface area contributed by atoms with Crippen molar-refractivity contribution < 1.29 is 4.79 Å². The Balaban J connectivity index is 1.46. The highest BCUT2D eigenvalue weighted by atomic mass is 16.1. The number of amides is 1. The maximum Gasteiger partial charge on any atom is 0.271 e. The van der Waals surface area contributed by atoms with Crippen LogP contribution in [0.2, 0.25) is 0 Å². The molecule has 0 aliphatic carbocycles. The molecular weight excluding hydrogens is 426 g/mol. The molecule has 0 bridgehead atoms. The summed E-state index contributed by atoms with van der Waals surface area (Å²) < 4.78 is 1.97. The summed E-state index contributed by atoms with van der Waals surface area (Å²) in [4.78, 5) is 30.8. The Kier molecular flexibility index (Phi) is 5.75. The quantitative estimate of drug-likeness (QED) is 0.496. The second-order valence-electron chi connectivity index (χ2n) is 8.87. The van der Waals surface area contributed by atoms with Crippen LogP contribution in [0.15, 0.2) is 55.0 Å². The van der Waals surface area contributed by atoms with Crippen molar-refractivity contribution in [1.82, 2.24) is 24.3 Å². The number of rotatable bonds is 5. The molecule has 174 valence electrons. The molecule has 2 N–H and O–H groups in total. The van der Waals surface area contributed by atoms with E-state index in [1.165, 1.54) is 5.56 Å². The number of carbonyl (C=O) groups excluding carboxylic acids is 1. The van der Waals surface area contributed by atoms with Crippen molar-refractivity contribution in [2.24, 2.45) is 5.73 Å². The lowest BCUT2D eigenvalue weighted by Crippen LogP contribution is -2.48. The monoisotopic (exact) mass is 455 g/mol. The number of hydrogen-bond acceptors (Lipinski definition) is 6. The number of nitrogens with zero attached hydrogens (tertiary/aromatic N) is 6. The van der Waals surface area contributed by atoms with Gasteiger partial charge in [-0.25, -0.2) is 15.0 Å². The minimum absolute atomic E-state index is 0.229. The van der Waals surface area contributed by atoms with Crippen LogP contribution in [0, 0.1) is 13.8 Å². The van der Waals surface area contributed by atoms with Gasteiger partial charge in [-0.3, -0.25) is 9.69 Å². The van der Waals surface area contributed by atoms with Gasteiger partial charge in [-0.1, -0.05) is 30.3 Å². The predicted molar refractivity (Wildman–Crippen MR) is 133 cm³/mol. The zero-order chi connectivity index (χ0) is 23.8. The molecule has 4 aromatic rings. The Bertz CT molecular complexity index is 1340. The van der Waals surface area contributed by atoms with Crippen LogP contribution in [0.4, 0.5) is 5.82 Å². The highest BCUT2D eigenvalue weighted by Gasteiger charge is 2.27. The lowest BCUT2D eigenvalue weighted by atomic mass is 10.1. The van der Waals surface area contributed by atoms with Crippen LogP contribution in [0.1, 0.15) is 40.3 Å². The minimum atomic E-state index is -0.556. The molecule has 4 heterocycles. The van der Waals surface area contributed by atoms with Crippen LogP contribution in [-0.2, 0) is 0 Å². The molecule has 0 spiro atoms. The van der Waals surface area contributed by atoms with Gasteiger partial charge in [0.15, 0.2) is 11.5 Å². The number of carbonyl (C=O) groups is 1. The van der Waals surface area contributed by atoms with Gasteiger partial charge < -0.3 is 15.0 Å². The Morgan fingerprint density at radius 3 is 2.50 bits per heavy atom. The molecule has 1 atom stereocenters. The lowest BCUT2D eigenvalue weighted by Gasteiger charge is -2.39. The first kappa shape index (κ1) is 22.0. The Morgan fingerprint density at radius 1 is 1.06 bits per heavy atom. The van der Waals surface area contributed by atoms with Crippen LogP contribution < -0.4 is 10.6 Å². The summed E-state index contributed by atoms with van der Waals surface area (Å²) in [5.74, 6) is 0.00394. The summed E-state index contributed by atoms with van der Waals surface area (Å²) >= 11 is 0. The number of piperazine rings is 1. The molecule has 1 aliphatic heterocycles. The van der Waals surface area contributed by atoms with Crippen molar-refractivity contribution in [3.63, 3.8) is 0 Å². The van der Waals surface area contributed by atoms with Crippen LogP contribution in [0.5, 0.6) is 0 Å². The van der Waals surface area contributed by atoms with Crippen molar-refractivity contribution in [2.45, 2.75) is 26.8 Å². The Hall–Kier alpha value is -3.78. The fourth-order valence-corrected chi connectivity index (χ4v) is 4.72. The van der Waals surface area contributed by atoms with E-state index in [0.29, 0.717) is 17.6 Å². The van der Waals surface area contributed by atoms with Crippen molar-refractivity contribution >= 4 is 17.4 Å². The third kappa shape index (κ3) is 4.01.